The summed E-state index contributed by atoms with van der Waals surface area (Å²) in [6.07, 6.45) is 6.80. The second-order valence-electron chi connectivity index (χ2n) is 8.31. The monoisotopic (exact) mass is 393 g/mol. The molecular weight excluding hydrogens is 366 g/mol. The maximum Gasteiger partial charge on any atom is 0.264 e. The van der Waals surface area contributed by atoms with E-state index in [1.165, 1.54) is 49.0 Å². The molecule has 1 aromatic carbocycles. The zero-order valence-electron chi connectivity index (χ0n) is 16.5. The SMILES string of the molecule is Cc1ccc2nc3sc(C(=O)N4CCN(C5CCCCC5)CC4)cc3cc2c1. The molecule has 1 amide bonds. The number of pyridine rings is 1. The first-order valence-corrected chi connectivity index (χ1v) is 11.3. The summed E-state index contributed by atoms with van der Waals surface area (Å²) in [6, 6.07) is 11.3. The maximum atomic E-state index is 13.1. The van der Waals surface area contributed by atoms with E-state index in [0.717, 1.165) is 58.2 Å². The van der Waals surface area contributed by atoms with Gasteiger partial charge in [0.25, 0.3) is 5.91 Å². The molecule has 0 radical (unpaired) electrons. The fraction of sp³-hybridized carbons (Fsp3) is 0.478. The normalized spacial score (nSPS) is 19.5. The van der Waals surface area contributed by atoms with E-state index in [9.17, 15) is 4.79 Å². The van der Waals surface area contributed by atoms with Crippen molar-refractivity contribution in [1.82, 2.24) is 14.8 Å². The van der Waals surface area contributed by atoms with Gasteiger partial charge in [0.05, 0.1) is 10.4 Å². The number of benzene rings is 1. The maximum absolute atomic E-state index is 13.1. The van der Waals surface area contributed by atoms with Crippen LogP contribution in [0.15, 0.2) is 30.3 Å². The van der Waals surface area contributed by atoms with Crippen molar-refractivity contribution < 1.29 is 4.79 Å². The van der Waals surface area contributed by atoms with Crippen molar-refractivity contribution in [3.8, 4) is 0 Å². The minimum atomic E-state index is 0.173. The molecule has 0 bridgehead atoms. The van der Waals surface area contributed by atoms with Gasteiger partial charge in [0.15, 0.2) is 0 Å². The standard InChI is InChI=1S/C23H27N3OS/c1-16-7-8-20-17(13-16)14-18-15-21(28-22(18)24-20)23(27)26-11-9-25(10-12-26)19-5-3-2-4-6-19/h7-8,13-15,19H,2-6,9-12H2,1H3. The van der Waals surface area contributed by atoms with Crippen molar-refractivity contribution in [3.05, 3.63) is 40.8 Å². The predicted octanol–water partition coefficient (Wildman–Crippen LogP) is 4.85. The largest absolute Gasteiger partial charge is 0.335 e. The second-order valence-corrected chi connectivity index (χ2v) is 9.34. The number of carbonyl (C=O) groups is 1. The van der Waals surface area contributed by atoms with Gasteiger partial charge in [0.2, 0.25) is 0 Å². The molecule has 1 aliphatic heterocycles. The number of amides is 1. The second kappa shape index (κ2) is 7.45. The number of hydrogen-bond donors (Lipinski definition) is 0. The Morgan fingerprint density at radius 2 is 1.79 bits per heavy atom. The van der Waals surface area contributed by atoms with Gasteiger partial charge in [0, 0.05) is 43.0 Å². The van der Waals surface area contributed by atoms with Crippen LogP contribution in [-0.4, -0.2) is 52.9 Å². The molecule has 1 saturated carbocycles. The third-order valence-corrected chi connectivity index (χ3v) is 7.39. The topological polar surface area (TPSA) is 36.4 Å². The third-order valence-electron chi connectivity index (χ3n) is 6.36. The number of aryl methyl sites for hydroxylation is 1. The third kappa shape index (κ3) is 3.42. The Morgan fingerprint density at radius 1 is 1.00 bits per heavy atom. The molecule has 0 atom stereocenters. The molecule has 146 valence electrons. The Labute approximate surface area is 170 Å². The van der Waals surface area contributed by atoms with Gasteiger partial charge in [-0.3, -0.25) is 9.69 Å². The Bertz CT molecular complexity index is 1010. The van der Waals surface area contributed by atoms with E-state index in [4.69, 9.17) is 4.98 Å². The molecule has 0 spiro atoms. The van der Waals surface area contributed by atoms with Crippen LogP contribution in [0.2, 0.25) is 0 Å². The fourth-order valence-electron chi connectivity index (χ4n) is 4.75. The molecule has 0 N–H and O–H groups in total. The van der Waals surface area contributed by atoms with E-state index < -0.39 is 0 Å². The first kappa shape index (κ1) is 18.1. The summed E-state index contributed by atoms with van der Waals surface area (Å²) in [5, 5.41) is 2.22. The van der Waals surface area contributed by atoms with E-state index in [-0.39, 0.29) is 5.91 Å². The fourth-order valence-corrected chi connectivity index (χ4v) is 5.74. The number of carbonyl (C=O) groups excluding carboxylic acids is 1. The van der Waals surface area contributed by atoms with Crippen LogP contribution in [0, 0.1) is 6.92 Å². The Kier molecular flexibility index (Phi) is 4.81. The molecule has 3 aromatic rings. The molecule has 1 aliphatic carbocycles. The highest BCUT2D eigenvalue weighted by molar-refractivity contribution is 7.20. The number of piperazine rings is 1. The molecular formula is C23H27N3OS. The average Bonchev–Trinajstić information content (AvgIpc) is 3.15. The molecule has 4 nitrogen and oxygen atoms in total. The number of hydrogen-bond acceptors (Lipinski definition) is 4. The van der Waals surface area contributed by atoms with Crippen molar-refractivity contribution in [2.45, 2.75) is 45.1 Å². The van der Waals surface area contributed by atoms with Crippen molar-refractivity contribution in [2.24, 2.45) is 0 Å². The van der Waals surface area contributed by atoms with Gasteiger partial charge >= 0.3 is 0 Å². The van der Waals surface area contributed by atoms with E-state index in [1.807, 2.05) is 11.0 Å². The number of thiophene rings is 1. The molecule has 2 aromatic heterocycles. The number of rotatable bonds is 2. The molecule has 2 fully saturated rings. The zero-order valence-corrected chi connectivity index (χ0v) is 17.3. The van der Waals surface area contributed by atoms with E-state index >= 15 is 0 Å². The molecule has 5 rings (SSSR count). The minimum absolute atomic E-state index is 0.173. The van der Waals surface area contributed by atoms with Crippen LogP contribution in [0.4, 0.5) is 0 Å². The molecule has 28 heavy (non-hydrogen) atoms. The first-order chi connectivity index (χ1) is 13.7. The van der Waals surface area contributed by atoms with Crippen LogP contribution < -0.4 is 0 Å². The lowest BCUT2D eigenvalue weighted by molar-refractivity contribution is 0.0527. The van der Waals surface area contributed by atoms with Crippen molar-refractivity contribution >= 4 is 38.4 Å². The van der Waals surface area contributed by atoms with Crippen LogP contribution in [0.25, 0.3) is 21.1 Å². The van der Waals surface area contributed by atoms with Gasteiger partial charge in [-0.1, -0.05) is 30.9 Å². The predicted molar refractivity (Wildman–Crippen MR) is 116 cm³/mol. The van der Waals surface area contributed by atoms with Crippen LogP contribution in [0.5, 0.6) is 0 Å². The quantitative estimate of drug-likeness (QED) is 0.624. The van der Waals surface area contributed by atoms with Crippen LogP contribution >= 0.6 is 11.3 Å². The number of fused-ring (bicyclic) bond motifs is 2. The summed E-state index contributed by atoms with van der Waals surface area (Å²) < 4.78 is 0. The van der Waals surface area contributed by atoms with Crippen molar-refractivity contribution in [1.29, 1.82) is 0 Å². The number of nitrogens with zero attached hydrogens (tertiary/aromatic N) is 3. The van der Waals surface area contributed by atoms with E-state index in [2.05, 4.69) is 36.1 Å². The number of aromatic nitrogens is 1. The smallest absolute Gasteiger partial charge is 0.264 e. The van der Waals surface area contributed by atoms with Gasteiger partial charge < -0.3 is 4.90 Å². The van der Waals surface area contributed by atoms with Gasteiger partial charge in [-0.2, -0.15) is 0 Å². The lowest BCUT2D eigenvalue weighted by atomic mass is 9.94. The van der Waals surface area contributed by atoms with E-state index in [1.54, 1.807) is 0 Å². The first-order valence-electron chi connectivity index (χ1n) is 10.5. The highest BCUT2D eigenvalue weighted by Crippen LogP contribution is 2.29. The molecule has 3 heterocycles. The van der Waals surface area contributed by atoms with Gasteiger partial charge in [-0.25, -0.2) is 4.98 Å². The molecule has 1 saturated heterocycles. The van der Waals surface area contributed by atoms with Gasteiger partial charge in [-0.05, 0) is 44.0 Å². The minimum Gasteiger partial charge on any atom is -0.335 e. The Morgan fingerprint density at radius 3 is 2.57 bits per heavy atom. The molecule has 0 unspecified atom stereocenters. The summed E-state index contributed by atoms with van der Waals surface area (Å²) >= 11 is 1.53. The Hall–Kier alpha value is -1.98. The van der Waals surface area contributed by atoms with Crippen LogP contribution in [0.3, 0.4) is 0 Å². The van der Waals surface area contributed by atoms with Crippen LogP contribution in [0.1, 0.15) is 47.3 Å². The summed E-state index contributed by atoms with van der Waals surface area (Å²) in [7, 11) is 0. The summed E-state index contributed by atoms with van der Waals surface area (Å²) in [6.45, 7) is 5.82. The highest BCUT2D eigenvalue weighted by atomic mass is 32.1. The van der Waals surface area contributed by atoms with Gasteiger partial charge in [-0.15, -0.1) is 11.3 Å². The lowest BCUT2D eigenvalue weighted by Gasteiger charge is -2.40. The van der Waals surface area contributed by atoms with Crippen molar-refractivity contribution in [2.75, 3.05) is 26.2 Å². The molecule has 2 aliphatic rings. The molecule has 5 heteroatoms. The summed E-state index contributed by atoms with van der Waals surface area (Å²) in [5.74, 6) is 0.173. The summed E-state index contributed by atoms with van der Waals surface area (Å²) in [4.78, 5) is 24.3. The van der Waals surface area contributed by atoms with Crippen molar-refractivity contribution in [3.63, 3.8) is 0 Å². The average molecular weight is 394 g/mol. The highest BCUT2D eigenvalue weighted by Gasteiger charge is 2.28. The Balaban J connectivity index is 1.32. The zero-order chi connectivity index (χ0) is 19.1. The lowest BCUT2D eigenvalue weighted by Crippen LogP contribution is -2.52. The van der Waals surface area contributed by atoms with E-state index in [0.29, 0.717) is 0 Å². The summed E-state index contributed by atoms with van der Waals surface area (Å²) in [5.41, 5.74) is 2.23. The van der Waals surface area contributed by atoms with Crippen LogP contribution in [-0.2, 0) is 0 Å². The van der Waals surface area contributed by atoms with Gasteiger partial charge in [0.1, 0.15) is 4.83 Å².